The molecule has 0 amide bonds. The smallest absolute Gasteiger partial charge is 0.187 e. The quantitative estimate of drug-likeness (QED) is 0.115. The molecule has 220 valence electrons. The summed E-state index contributed by atoms with van der Waals surface area (Å²) in [6.45, 7) is 2.94. The lowest BCUT2D eigenvalue weighted by Crippen LogP contribution is -2.65. The normalized spacial score (nSPS) is 40.7. The topological polar surface area (TPSA) is 259 Å². The summed E-state index contributed by atoms with van der Waals surface area (Å²) in [5.74, 6) is 0. The zero-order valence-electron chi connectivity index (χ0n) is 21.0. The maximum atomic E-state index is 10.7. The standard InChI is InChI=1S/C22H42O15/c1-22(2,3)4-8(26)12(28)18(9(27)5-23)36-21-17(33)15(31)19(11(7-25)35-21)37-20-16(32)14(30)13(29)10(6-24)34-20/h8-21,23-33H,4-7H2,1-3H3/t8-,9+,10+,11+,12+,13-,14-,15+,16+,17+,18+,19-,20+,21-/m0/s1. The molecular formula is C22H42O15. The summed E-state index contributed by atoms with van der Waals surface area (Å²) in [6, 6.07) is 0. The Morgan fingerprint density at radius 2 is 1.24 bits per heavy atom. The zero-order valence-corrected chi connectivity index (χ0v) is 21.0. The van der Waals surface area contributed by atoms with Crippen molar-refractivity contribution in [1.82, 2.24) is 0 Å². The van der Waals surface area contributed by atoms with Crippen molar-refractivity contribution in [2.45, 2.75) is 113 Å². The van der Waals surface area contributed by atoms with Crippen molar-refractivity contribution in [3.05, 3.63) is 0 Å². The minimum atomic E-state index is -1.93. The van der Waals surface area contributed by atoms with Crippen LogP contribution in [0.4, 0.5) is 0 Å². The second-order valence-corrected chi connectivity index (χ2v) is 10.7. The Labute approximate surface area is 214 Å². The van der Waals surface area contributed by atoms with E-state index in [9.17, 15) is 56.2 Å². The number of aliphatic hydroxyl groups is 11. The van der Waals surface area contributed by atoms with E-state index in [1.165, 1.54) is 0 Å². The van der Waals surface area contributed by atoms with E-state index in [-0.39, 0.29) is 6.42 Å². The molecule has 0 spiro atoms. The van der Waals surface area contributed by atoms with E-state index in [0.717, 1.165) is 0 Å². The van der Waals surface area contributed by atoms with Gasteiger partial charge in [-0.3, -0.25) is 0 Å². The number of hydrogen-bond donors (Lipinski definition) is 11. The van der Waals surface area contributed by atoms with Crippen molar-refractivity contribution in [3.8, 4) is 0 Å². The van der Waals surface area contributed by atoms with Gasteiger partial charge in [-0.1, -0.05) is 20.8 Å². The molecule has 15 nitrogen and oxygen atoms in total. The van der Waals surface area contributed by atoms with E-state index in [0.29, 0.717) is 0 Å². The van der Waals surface area contributed by atoms with Crippen LogP contribution in [0.15, 0.2) is 0 Å². The van der Waals surface area contributed by atoms with Crippen LogP contribution < -0.4 is 0 Å². The average Bonchev–Trinajstić information content (AvgIpc) is 2.84. The molecule has 2 rings (SSSR count). The van der Waals surface area contributed by atoms with Crippen molar-refractivity contribution in [2.24, 2.45) is 5.41 Å². The van der Waals surface area contributed by atoms with Gasteiger partial charge in [0.2, 0.25) is 0 Å². The van der Waals surface area contributed by atoms with Gasteiger partial charge in [0.05, 0.1) is 25.9 Å². The van der Waals surface area contributed by atoms with Gasteiger partial charge in [0, 0.05) is 0 Å². The summed E-state index contributed by atoms with van der Waals surface area (Å²) in [7, 11) is 0. The Balaban J connectivity index is 2.18. The molecule has 15 heteroatoms. The molecule has 0 radical (unpaired) electrons. The average molecular weight is 547 g/mol. The van der Waals surface area contributed by atoms with Crippen molar-refractivity contribution >= 4 is 0 Å². The highest BCUT2D eigenvalue weighted by Crippen LogP contribution is 2.31. The molecule has 2 saturated heterocycles. The van der Waals surface area contributed by atoms with E-state index < -0.39 is 111 Å². The molecule has 0 aliphatic carbocycles. The van der Waals surface area contributed by atoms with Crippen LogP contribution in [0.5, 0.6) is 0 Å². The van der Waals surface area contributed by atoms with Gasteiger partial charge >= 0.3 is 0 Å². The molecule has 0 saturated carbocycles. The van der Waals surface area contributed by atoms with Crippen molar-refractivity contribution in [1.29, 1.82) is 0 Å². The number of aliphatic hydroxyl groups excluding tert-OH is 11. The first-order valence-corrected chi connectivity index (χ1v) is 12.1. The fraction of sp³-hybridized carbons (Fsp3) is 1.00. The van der Waals surface area contributed by atoms with Gasteiger partial charge in [0.15, 0.2) is 12.6 Å². The predicted molar refractivity (Wildman–Crippen MR) is 120 cm³/mol. The van der Waals surface area contributed by atoms with Gasteiger partial charge in [-0.25, -0.2) is 0 Å². The van der Waals surface area contributed by atoms with Crippen molar-refractivity contribution in [2.75, 3.05) is 19.8 Å². The summed E-state index contributed by atoms with van der Waals surface area (Å²) in [6.07, 6.45) is -23.4. The molecule has 2 aliphatic heterocycles. The van der Waals surface area contributed by atoms with E-state index in [4.69, 9.17) is 18.9 Å². The van der Waals surface area contributed by atoms with Gasteiger partial charge in [-0.2, -0.15) is 0 Å². The molecular weight excluding hydrogens is 504 g/mol. The van der Waals surface area contributed by atoms with Crippen molar-refractivity contribution in [3.63, 3.8) is 0 Å². The minimum Gasteiger partial charge on any atom is -0.394 e. The summed E-state index contributed by atoms with van der Waals surface area (Å²) >= 11 is 0. The maximum Gasteiger partial charge on any atom is 0.187 e. The van der Waals surface area contributed by atoms with Crippen LogP contribution in [0.1, 0.15) is 27.2 Å². The lowest BCUT2D eigenvalue weighted by atomic mass is 9.86. The Hall–Kier alpha value is -0.600. The first-order valence-electron chi connectivity index (χ1n) is 12.1. The third kappa shape index (κ3) is 7.97. The minimum absolute atomic E-state index is 0.0805. The lowest BCUT2D eigenvalue weighted by molar-refractivity contribution is -0.367. The molecule has 0 aromatic rings. The summed E-state index contributed by atoms with van der Waals surface area (Å²) in [4.78, 5) is 0. The molecule has 2 aliphatic rings. The van der Waals surface area contributed by atoms with Crippen LogP contribution in [-0.4, -0.2) is 162 Å². The molecule has 2 heterocycles. The third-order valence-corrected chi connectivity index (χ3v) is 6.37. The van der Waals surface area contributed by atoms with Crippen LogP contribution in [-0.2, 0) is 18.9 Å². The Bertz CT molecular complexity index is 673. The zero-order chi connectivity index (χ0) is 28.2. The number of hydrogen-bond acceptors (Lipinski definition) is 15. The van der Waals surface area contributed by atoms with Gasteiger partial charge in [0.25, 0.3) is 0 Å². The van der Waals surface area contributed by atoms with Crippen LogP contribution in [0.2, 0.25) is 0 Å². The van der Waals surface area contributed by atoms with E-state index in [2.05, 4.69) is 0 Å². The van der Waals surface area contributed by atoms with E-state index >= 15 is 0 Å². The summed E-state index contributed by atoms with van der Waals surface area (Å²) < 4.78 is 21.6. The van der Waals surface area contributed by atoms with Gasteiger partial charge < -0.3 is 75.1 Å². The molecule has 11 N–H and O–H groups in total. The number of ether oxygens (including phenoxy) is 4. The molecule has 0 bridgehead atoms. The third-order valence-electron chi connectivity index (χ3n) is 6.37. The fourth-order valence-corrected chi connectivity index (χ4v) is 4.29. The first kappa shape index (κ1) is 32.6. The van der Waals surface area contributed by atoms with Crippen molar-refractivity contribution < 1.29 is 75.1 Å². The highest BCUT2D eigenvalue weighted by atomic mass is 16.7. The largest absolute Gasteiger partial charge is 0.394 e. The Kier molecular flexibility index (Phi) is 12.0. The monoisotopic (exact) mass is 546 g/mol. The highest BCUT2D eigenvalue weighted by Gasteiger charge is 2.51. The maximum absolute atomic E-state index is 10.7. The molecule has 2 fully saturated rings. The lowest BCUT2D eigenvalue weighted by Gasteiger charge is -2.46. The fourth-order valence-electron chi connectivity index (χ4n) is 4.29. The molecule has 0 aromatic heterocycles. The highest BCUT2D eigenvalue weighted by molar-refractivity contribution is 4.95. The first-order chi connectivity index (χ1) is 17.2. The Morgan fingerprint density at radius 1 is 0.703 bits per heavy atom. The number of rotatable bonds is 11. The SMILES string of the molecule is CC(C)(C)C[C@H](O)[C@@H](O)[C@H](O[C@@H]1O[C@H](CO)[C@H](O[C@H]2O[C@H](CO)[C@H](O)[C@H](O)[C@H]2O)[C@H](O)[C@H]1O)[C@H](O)CO. The second kappa shape index (κ2) is 13.6. The van der Waals surface area contributed by atoms with Crippen LogP contribution in [0.3, 0.4) is 0 Å². The van der Waals surface area contributed by atoms with Crippen LogP contribution in [0, 0.1) is 5.41 Å². The van der Waals surface area contributed by atoms with Gasteiger partial charge in [0.1, 0.15) is 67.1 Å². The van der Waals surface area contributed by atoms with E-state index in [1.807, 2.05) is 0 Å². The van der Waals surface area contributed by atoms with Crippen LogP contribution >= 0.6 is 0 Å². The second-order valence-electron chi connectivity index (χ2n) is 10.7. The molecule has 37 heavy (non-hydrogen) atoms. The molecule has 0 aromatic carbocycles. The Morgan fingerprint density at radius 3 is 1.76 bits per heavy atom. The van der Waals surface area contributed by atoms with E-state index in [1.54, 1.807) is 20.8 Å². The molecule has 0 unspecified atom stereocenters. The summed E-state index contributed by atoms with van der Waals surface area (Å²) in [5.41, 5.74) is -0.427. The summed E-state index contributed by atoms with van der Waals surface area (Å²) in [5, 5.41) is 111. The predicted octanol–water partition coefficient (Wildman–Crippen LogP) is -5.49. The van der Waals surface area contributed by atoms with Gasteiger partial charge in [-0.05, 0) is 11.8 Å². The van der Waals surface area contributed by atoms with Gasteiger partial charge in [-0.15, -0.1) is 0 Å². The molecule has 14 atom stereocenters. The van der Waals surface area contributed by atoms with Crippen LogP contribution in [0.25, 0.3) is 0 Å².